The monoisotopic (exact) mass is 470 g/mol. The third-order valence-corrected chi connectivity index (χ3v) is 7.42. The van der Waals surface area contributed by atoms with Gasteiger partial charge in [0, 0.05) is 24.5 Å². The van der Waals surface area contributed by atoms with Gasteiger partial charge in [-0.15, -0.1) is 0 Å². The fourth-order valence-electron chi connectivity index (χ4n) is 5.13. The van der Waals surface area contributed by atoms with Gasteiger partial charge in [-0.3, -0.25) is 9.59 Å². The maximum atomic E-state index is 13.3. The van der Waals surface area contributed by atoms with Gasteiger partial charge in [-0.05, 0) is 71.3 Å². The predicted octanol–water partition coefficient (Wildman–Crippen LogP) is 4.41. The molecule has 1 aromatic rings. The van der Waals surface area contributed by atoms with Crippen LogP contribution in [0.25, 0.3) is 0 Å². The lowest BCUT2D eigenvalue weighted by Crippen LogP contribution is -2.48. The Morgan fingerprint density at radius 1 is 1.06 bits per heavy atom. The third kappa shape index (κ3) is 5.73. The Bertz CT molecular complexity index is 897. The standard InChI is InChI=1S/C27H38N2O5/c1-26(2,3)34-25(32)29(22-16-21(22)18-8-6-5-7-9-18)17-27(14-15-27)24(31)28-20-12-10-19(11-13-20)23(30)33-4/h5-9,19-22H,10-17H2,1-4H3,(H,28,31)/t19?,20?,21?,22-/m0/s1. The third-order valence-electron chi connectivity index (χ3n) is 7.42. The summed E-state index contributed by atoms with van der Waals surface area (Å²) in [5.41, 5.74) is 0.0848. The Hall–Kier alpha value is -2.57. The molecule has 1 unspecified atom stereocenters. The summed E-state index contributed by atoms with van der Waals surface area (Å²) in [5, 5.41) is 3.22. The molecule has 1 aromatic carbocycles. The first-order chi connectivity index (χ1) is 16.1. The molecule has 7 heteroatoms. The van der Waals surface area contributed by atoms with Crippen molar-refractivity contribution >= 4 is 18.0 Å². The Morgan fingerprint density at radius 3 is 2.26 bits per heavy atom. The quantitative estimate of drug-likeness (QED) is 0.597. The van der Waals surface area contributed by atoms with E-state index in [0.29, 0.717) is 6.54 Å². The molecule has 3 aliphatic carbocycles. The van der Waals surface area contributed by atoms with Crippen LogP contribution in [-0.4, -0.2) is 54.2 Å². The molecule has 186 valence electrons. The summed E-state index contributed by atoms with van der Waals surface area (Å²) in [4.78, 5) is 40.1. The van der Waals surface area contributed by atoms with Crippen LogP contribution in [0.5, 0.6) is 0 Å². The van der Waals surface area contributed by atoms with E-state index in [9.17, 15) is 14.4 Å². The molecular weight excluding hydrogens is 432 g/mol. The van der Waals surface area contributed by atoms with Gasteiger partial charge in [-0.25, -0.2) is 4.79 Å². The van der Waals surface area contributed by atoms with Crippen LogP contribution >= 0.6 is 0 Å². The van der Waals surface area contributed by atoms with Crippen molar-refractivity contribution in [2.45, 2.75) is 89.3 Å². The number of esters is 1. The van der Waals surface area contributed by atoms with E-state index in [1.54, 1.807) is 0 Å². The second-order valence-electron chi connectivity index (χ2n) is 11.3. The van der Waals surface area contributed by atoms with E-state index in [1.165, 1.54) is 12.7 Å². The van der Waals surface area contributed by atoms with Crippen molar-refractivity contribution in [3.63, 3.8) is 0 Å². The van der Waals surface area contributed by atoms with E-state index >= 15 is 0 Å². The summed E-state index contributed by atoms with van der Waals surface area (Å²) in [5.74, 6) is 0.0787. The molecule has 0 saturated heterocycles. The molecule has 34 heavy (non-hydrogen) atoms. The number of benzene rings is 1. The average molecular weight is 471 g/mol. The first kappa shape index (κ1) is 24.6. The number of hydrogen-bond donors (Lipinski definition) is 1. The second-order valence-corrected chi connectivity index (χ2v) is 11.3. The molecule has 7 nitrogen and oxygen atoms in total. The average Bonchev–Trinajstić information content (AvgIpc) is 3.72. The summed E-state index contributed by atoms with van der Waals surface area (Å²) in [6.45, 7) is 6.00. The highest BCUT2D eigenvalue weighted by atomic mass is 16.6. The van der Waals surface area contributed by atoms with Gasteiger partial charge in [0.15, 0.2) is 0 Å². The Balaban J connectivity index is 1.40. The van der Waals surface area contributed by atoms with Gasteiger partial charge >= 0.3 is 12.1 Å². The highest BCUT2D eigenvalue weighted by molar-refractivity contribution is 5.86. The van der Waals surface area contributed by atoms with Gasteiger partial charge in [0.2, 0.25) is 5.91 Å². The number of carbonyl (C=O) groups is 3. The zero-order valence-electron chi connectivity index (χ0n) is 20.8. The van der Waals surface area contributed by atoms with Crippen LogP contribution in [-0.2, 0) is 19.1 Å². The lowest BCUT2D eigenvalue weighted by molar-refractivity contribution is -0.146. The highest BCUT2D eigenvalue weighted by Gasteiger charge is 2.56. The van der Waals surface area contributed by atoms with Gasteiger partial charge in [0.05, 0.1) is 18.4 Å². The van der Waals surface area contributed by atoms with E-state index in [1.807, 2.05) is 43.9 Å². The molecule has 0 aliphatic heterocycles. The van der Waals surface area contributed by atoms with Crippen molar-refractivity contribution in [1.82, 2.24) is 10.2 Å². The maximum absolute atomic E-state index is 13.3. The molecule has 0 bridgehead atoms. The van der Waals surface area contributed by atoms with Gasteiger partial charge in [0.25, 0.3) is 0 Å². The van der Waals surface area contributed by atoms with E-state index in [4.69, 9.17) is 9.47 Å². The summed E-state index contributed by atoms with van der Waals surface area (Å²) < 4.78 is 10.6. The largest absolute Gasteiger partial charge is 0.469 e. The minimum atomic E-state index is -0.594. The molecule has 0 radical (unpaired) electrons. The minimum absolute atomic E-state index is 0.0273. The van der Waals surface area contributed by atoms with Crippen LogP contribution in [0, 0.1) is 11.3 Å². The molecule has 0 aromatic heterocycles. The van der Waals surface area contributed by atoms with Crippen LogP contribution < -0.4 is 5.32 Å². The van der Waals surface area contributed by atoms with Gasteiger partial charge < -0.3 is 19.7 Å². The van der Waals surface area contributed by atoms with E-state index in [0.717, 1.165) is 44.9 Å². The number of nitrogens with one attached hydrogen (secondary N) is 1. The summed E-state index contributed by atoms with van der Waals surface area (Å²) >= 11 is 0. The lowest BCUT2D eigenvalue weighted by Gasteiger charge is -2.32. The maximum Gasteiger partial charge on any atom is 0.410 e. The van der Waals surface area contributed by atoms with Gasteiger partial charge in [-0.2, -0.15) is 0 Å². The molecule has 2 atom stereocenters. The molecule has 3 aliphatic rings. The van der Waals surface area contributed by atoms with Crippen LogP contribution in [0.15, 0.2) is 30.3 Å². The van der Waals surface area contributed by atoms with Crippen LogP contribution in [0.2, 0.25) is 0 Å². The fourth-order valence-corrected chi connectivity index (χ4v) is 5.13. The smallest absolute Gasteiger partial charge is 0.410 e. The van der Waals surface area contributed by atoms with E-state index in [-0.39, 0.29) is 41.9 Å². The summed E-state index contributed by atoms with van der Waals surface area (Å²) in [6, 6.07) is 10.4. The molecule has 0 spiro atoms. The molecular formula is C27H38N2O5. The molecule has 3 saturated carbocycles. The van der Waals surface area contributed by atoms with Crippen LogP contribution in [0.3, 0.4) is 0 Å². The minimum Gasteiger partial charge on any atom is -0.469 e. The second kappa shape index (κ2) is 9.59. The fraction of sp³-hybridized carbons (Fsp3) is 0.667. The number of nitrogens with zero attached hydrogens (tertiary/aromatic N) is 1. The number of ether oxygens (including phenoxy) is 2. The first-order valence-electron chi connectivity index (χ1n) is 12.6. The zero-order chi connectivity index (χ0) is 24.5. The molecule has 3 fully saturated rings. The number of carbonyl (C=O) groups excluding carboxylic acids is 3. The van der Waals surface area contributed by atoms with Crippen LogP contribution in [0.1, 0.15) is 77.2 Å². The molecule has 1 N–H and O–H groups in total. The molecule has 0 heterocycles. The normalized spacial score (nSPS) is 27.3. The van der Waals surface area contributed by atoms with E-state index < -0.39 is 11.0 Å². The number of methoxy groups -OCH3 is 1. The Morgan fingerprint density at radius 2 is 1.71 bits per heavy atom. The first-order valence-corrected chi connectivity index (χ1v) is 12.6. The van der Waals surface area contributed by atoms with E-state index in [2.05, 4.69) is 17.4 Å². The van der Waals surface area contributed by atoms with Crippen LogP contribution in [0.4, 0.5) is 4.79 Å². The topological polar surface area (TPSA) is 84.9 Å². The predicted molar refractivity (Wildman–Crippen MR) is 128 cm³/mol. The van der Waals surface area contributed by atoms with Crippen molar-refractivity contribution in [2.75, 3.05) is 13.7 Å². The molecule has 2 amide bonds. The Kier molecular flexibility index (Phi) is 6.92. The summed E-state index contributed by atoms with van der Waals surface area (Å²) in [7, 11) is 1.42. The summed E-state index contributed by atoms with van der Waals surface area (Å²) in [6.07, 6.45) is 5.11. The van der Waals surface area contributed by atoms with Gasteiger partial charge in [0.1, 0.15) is 5.60 Å². The highest BCUT2D eigenvalue weighted by Crippen LogP contribution is 2.51. The molecule has 4 rings (SSSR count). The van der Waals surface area contributed by atoms with Gasteiger partial charge in [-0.1, -0.05) is 30.3 Å². The van der Waals surface area contributed by atoms with Crippen molar-refractivity contribution in [3.05, 3.63) is 35.9 Å². The zero-order valence-corrected chi connectivity index (χ0v) is 20.8. The SMILES string of the molecule is COC(=O)C1CCC(NC(=O)C2(CN(C(=O)OC(C)(C)C)[C@H]3CC3c3ccccc3)CC2)CC1. The van der Waals surface area contributed by atoms with Crippen molar-refractivity contribution in [1.29, 1.82) is 0 Å². The Labute approximate surface area is 202 Å². The van der Waals surface area contributed by atoms with Crippen molar-refractivity contribution < 1.29 is 23.9 Å². The van der Waals surface area contributed by atoms with Crippen molar-refractivity contribution in [3.8, 4) is 0 Å². The number of hydrogen-bond acceptors (Lipinski definition) is 5. The lowest BCUT2D eigenvalue weighted by atomic mass is 9.85. The number of amides is 2. The van der Waals surface area contributed by atoms with Crippen molar-refractivity contribution in [2.24, 2.45) is 11.3 Å². The number of rotatable bonds is 7.